The summed E-state index contributed by atoms with van der Waals surface area (Å²) >= 11 is 1.87. The Bertz CT molecular complexity index is 309. The lowest BCUT2D eigenvalue weighted by molar-refractivity contribution is 0.251. The summed E-state index contributed by atoms with van der Waals surface area (Å²) in [5.74, 6) is 0.758. The van der Waals surface area contributed by atoms with Crippen LogP contribution in [0.4, 0.5) is 0 Å². The van der Waals surface area contributed by atoms with Gasteiger partial charge in [0.25, 0.3) is 0 Å². The Morgan fingerprint density at radius 3 is 2.68 bits per heavy atom. The summed E-state index contributed by atoms with van der Waals surface area (Å²) in [4.78, 5) is 3.99. The minimum atomic E-state index is 0.641. The number of nitrogens with one attached hydrogen (secondary N) is 1. The van der Waals surface area contributed by atoms with Crippen LogP contribution in [0.15, 0.2) is 17.5 Å². The Labute approximate surface area is 123 Å². The van der Waals surface area contributed by atoms with Gasteiger partial charge in [0.05, 0.1) is 0 Å². The minimum Gasteiger partial charge on any atom is -0.316 e. The number of hydrogen-bond donors (Lipinski definition) is 1. The lowest BCUT2D eigenvalue weighted by Gasteiger charge is -2.24. The molecule has 0 aliphatic heterocycles. The molecular weight excluding hydrogens is 252 g/mol. The largest absolute Gasteiger partial charge is 0.316 e. The molecule has 1 unspecified atom stereocenters. The number of unbranched alkanes of at least 4 members (excludes halogenated alkanes) is 1. The molecule has 19 heavy (non-hydrogen) atoms. The van der Waals surface area contributed by atoms with E-state index in [1.54, 1.807) is 0 Å². The monoisotopic (exact) mass is 282 g/mol. The third-order valence-electron chi connectivity index (χ3n) is 3.50. The van der Waals surface area contributed by atoms with Crippen LogP contribution in [-0.4, -0.2) is 37.6 Å². The second-order valence-corrected chi connectivity index (χ2v) is 6.95. The fourth-order valence-electron chi connectivity index (χ4n) is 2.10. The van der Waals surface area contributed by atoms with Gasteiger partial charge >= 0.3 is 0 Å². The summed E-state index contributed by atoms with van der Waals surface area (Å²) in [7, 11) is 2.25. The lowest BCUT2D eigenvalue weighted by atomic mass is 10.1. The molecule has 0 aliphatic rings. The topological polar surface area (TPSA) is 15.3 Å². The van der Waals surface area contributed by atoms with Crippen LogP contribution in [-0.2, 0) is 6.42 Å². The van der Waals surface area contributed by atoms with Gasteiger partial charge in [-0.3, -0.25) is 0 Å². The van der Waals surface area contributed by atoms with Crippen molar-refractivity contribution in [3.63, 3.8) is 0 Å². The van der Waals surface area contributed by atoms with Crippen LogP contribution in [0.5, 0.6) is 0 Å². The number of likely N-dealkylation sites (N-methyl/N-ethyl adjacent to an activating group) is 1. The molecule has 3 heteroatoms. The SMILES string of the molecule is CC(C)CNCCCCN(C)C(C)Cc1cccs1. The maximum atomic E-state index is 3.51. The predicted octanol–water partition coefficient (Wildman–Crippen LogP) is 3.64. The molecule has 0 aromatic carbocycles. The van der Waals surface area contributed by atoms with Crippen molar-refractivity contribution in [1.29, 1.82) is 0 Å². The van der Waals surface area contributed by atoms with Crippen LogP contribution in [0.25, 0.3) is 0 Å². The zero-order valence-electron chi connectivity index (χ0n) is 13.0. The number of rotatable bonds is 10. The van der Waals surface area contributed by atoms with Crippen molar-refractivity contribution in [2.24, 2.45) is 5.92 Å². The van der Waals surface area contributed by atoms with Crippen LogP contribution in [0, 0.1) is 5.92 Å². The van der Waals surface area contributed by atoms with E-state index < -0.39 is 0 Å². The first-order chi connectivity index (χ1) is 9.09. The van der Waals surface area contributed by atoms with Crippen LogP contribution >= 0.6 is 11.3 Å². The molecule has 0 bridgehead atoms. The summed E-state index contributed by atoms with van der Waals surface area (Å²) in [6, 6.07) is 5.03. The molecule has 1 N–H and O–H groups in total. The van der Waals surface area contributed by atoms with Crippen LogP contribution in [0.1, 0.15) is 38.5 Å². The molecule has 0 amide bonds. The molecule has 0 aliphatic carbocycles. The summed E-state index contributed by atoms with van der Waals surface area (Å²) in [6.07, 6.45) is 3.75. The smallest absolute Gasteiger partial charge is 0.0112 e. The van der Waals surface area contributed by atoms with Crippen molar-refractivity contribution in [1.82, 2.24) is 10.2 Å². The van der Waals surface area contributed by atoms with E-state index >= 15 is 0 Å². The van der Waals surface area contributed by atoms with E-state index in [1.807, 2.05) is 11.3 Å². The fraction of sp³-hybridized carbons (Fsp3) is 0.750. The number of thiophene rings is 1. The van der Waals surface area contributed by atoms with E-state index in [4.69, 9.17) is 0 Å². The van der Waals surface area contributed by atoms with Crippen molar-refractivity contribution < 1.29 is 0 Å². The molecule has 1 aromatic rings. The van der Waals surface area contributed by atoms with E-state index in [0.29, 0.717) is 6.04 Å². The molecule has 0 saturated carbocycles. The van der Waals surface area contributed by atoms with E-state index in [1.165, 1.54) is 30.7 Å². The van der Waals surface area contributed by atoms with E-state index in [9.17, 15) is 0 Å². The third kappa shape index (κ3) is 7.71. The summed E-state index contributed by atoms with van der Waals surface area (Å²) in [5.41, 5.74) is 0. The van der Waals surface area contributed by atoms with E-state index in [2.05, 4.69) is 55.5 Å². The number of hydrogen-bond acceptors (Lipinski definition) is 3. The summed E-state index contributed by atoms with van der Waals surface area (Å²) in [6.45, 7) is 10.3. The molecule has 110 valence electrons. The molecule has 2 nitrogen and oxygen atoms in total. The third-order valence-corrected chi connectivity index (χ3v) is 4.39. The molecule has 1 aromatic heterocycles. The first-order valence-corrected chi connectivity index (χ1v) is 8.41. The normalized spacial score (nSPS) is 13.4. The Kier molecular flexibility index (Phi) is 8.35. The van der Waals surface area contributed by atoms with Crippen molar-refractivity contribution in [2.45, 2.75) is 46.1 Å². The second-order valence-electron chi connectivity index (χ2n) is 5.92. The van der Waals surface area contributed by atoms with Crippen molar-refractivity contribution in [2.75, 3.05) is 26.7 Å². The van der Waals surface area contributed by atoms with Crippen LogP contribution in [0.3, 0.4) is 0 Å². The Morgan fingerprint density at radius 1 is 1.26 bits per heavy atom. The highest BCUT2D eigenvalue weighted by atomic mass is 32.1. The van der Waals surface area contributed by atoms with Gasteiger partial charge in [-0.25, -0.2) is 0 Å². The van der Waals surface area contributed by atoms with Crippen molar-refractivity contribution in [3.8, 4) is 0 Å². The Balaban J connectivity index is 2.05. The highest BCUT2D eigenvalue weighted by molar-refractivity contribution is 7.09. The molecule has 0 saturated heterocycles. The van der Waals surface area contributed by atoms with Gasteiger partial charge < -0.3 is 10.2 Å². The Hall–Kier alpha value is -0.380. The highest BCUT2D eigenvalue weighted by Gasteiger charge is 2.09. The zero-order chi connectivity index (χ0) is 14.1. The van der Waals surface area contributed by atoms with Gasteiger partial charge in [0.15, 0.2) is 0 Å². The summed E-state index contributed by atoms with van der Waals surface area (Å²) in [5, 5.41) is 5.68. The van der Waals surface area contributed by atoms with Gasteiger partial charge in [-0.05, 0) is 70.2 Å². The molecule has 0 spiro atoms. The van der Waals surface area contributed by atoms with Crippen LogP contribution < -0.4 is 5.32 Å². The maximum Gasteiger partial charge on any atom is 0.0112 e. The molecule has 1 rings (SSSR count). The van der Waals surface area contributed by atoms with Crippen molar-refractivity contribution >= 4 is 11.3 Å². The molecule has 0 fully saturated rings. The van der Waals surface area contributed by atoms with E-state index in [-0.39, 0.29) is 0 Å². The number of nitrogens with zero attached hydrogens (tertiary/aromatic N) is 1. The first-order valence-electron chi connectivity index (χ1n) is 7.53. The highest BCUT2D eigenvalue weighted by Crippen LogP contribution is 2.13. The Morgan fingerprint density at radius 2 is 2.05 bits per heavy atom. The average molecular weight is 282 g/mol. The average Bonchev–Trinajstić information content (AvgIpc) is 2.85. The van der Waals surface area contributed by atoms with E-state index in [0.717, 1.165) is 19.0 Å². The van der Waals surface area contributed by atoms with Gasteiger partial charge in [0.2, 0.25) is 0 Å². The standard InChI is InChI=1S/C16H30N2S/c1-14(2)13-17-9-5-6-10-18(4)15(3)12-16-8-7-11-19-16/h7-8,11,14-15,17H,5-6,9-10,12-13H2,1-4H3. The van der Waals surface area contributed by atoms with Gasteiger partial charge in [-0.15, -0.1) is 11.3 Å². The first kappa shape index (κ1) is 16.7. The van der Waals surface area contributed by atoms with Crippen molar-refractivity contribution in [3.05, 3.63) is 22.4 Å². The minimum absolute atomic E-state index is 0.641. The molecular formula is C16H30N2S. The predicted molar refractivity (Wildman–Crippen MR) is 87.1 cm³/mol. The van der Waals surface area contributed by atoms with Gasteiger partial charge in [0, 0.05) is 10.9 Å². The molecule has 0 radical (unpaired) electrons. The van der Waals surface area contributed by atoms with Gasteiger partial charge in [-0.2, -0.15) is 0 Å². The van der Waals surface area contributed by atoms with Gasteiger partial charge in [-0.1, -0.05) is 19.9 Å². The maximum absolute atomic E-state index is 3.51. The fourth-order valence-corrected chi connectivity index (χ4v) is 2.92. The molecule has 1 atom stereocenters. The lowest BCUT2D eigenvalue weighted by Crippen LogP contribution is -2.32. The summed E-state index contributed by atoms with van der Waals surface area (Å²) < 4.78 is 0. The van der Waals surface area contributed by atoms with Crippen LogP contribution in [0.2, 0.25) is 0 Å². The van der Waals surface area contributed by atoms with Gasteiger partial charge in [0.1, 0.15) is 0 Å². The second kappa shape index (κ2) is 9.51. The zero-order valence-corrected chi connectivity index (χ0v) is 13.8. The molecule has 1 heterocycles. The quantitative estimate of drug-likeness (QED) is 0.659.